The fraction of sp³-hybridized carbons (Fsp3) is 0.370. The second kappa shape index (κ2) is 14.6. The fourth-order valence-electron chi connectivity index (χ4n) is 4.12. The van der Waals surface area contributed by atoms with E-state index < -0.39 is 23.8 Å². The van der Waals surface area contributed by atoms with Crippen LogP contribution in [0, 0.1) is 0 Å². The highest BCUT2D eigenvalue weighted by atomic mass is 16.5. The highest BCUT2D eigenvalue weighted by Crippen LogP contribution is 2.27. The second-order valence-electron chi connectivity index (χ2n) is 8.94. The van der Waals surface area contributed by atoms with E-state index in [2.05, 4.69) is 15.4 Å². The van der Waals surface area contributed by atoms with Crippen molar-refractivity contribution in [2.24, 2.45) is 5.73 Å². The smallest absolute Gasteiger partial charge is 0.325 e. The van der Waals surface area contributed by atoms with Crippen LogP contribution in [0.15, 0.2) is 48.5 Å². The summed E-state index contributed by atoms with van der Waals surface area (Å²) in [6, 6.07) is 14.3. The lowest BCUT2D eigenvalue weighted by Crippen LogP contribution is -2.32. The molecule has 0 aliphatic rings. The Hall–Kier alpha value is -4.29. The predicted octanol–water partition coefficient (Wildman–Crippen LogP) is 1.56. The quantitative estimate of drug-likeness (QED) is 0.0888. The molecule has 2 aromatic carbocycles. The van der Waals surface area contributed by atoms with Crippen molar-refractivity contribution in [2.75, 3.05) is 20.2 Å². The minimum absolute atomic E-state index is 0.108. The molecular weight excluding hydrogens is 504 g/mol. The van der Waals surface area contributed by atoms with Crippen LogP contribution in [0.5, 0.6) is 0 Å². The second-order valence-corrected chi connectivity index (χ2v) is 8.94. The van der Waals surface area contributed by atoms with Crippen LogP contribution < -0.4 is 21.8 Å². The van der Waals surface area contributed by atoms with E-state index >= 15 is 0 Å². The van der Waals surface area contributed by atoms with Gasteiger partial charge in [-0.25, -0.2) is 10.5 Å². The Morgan fingerprint density at radius 1 is 1.05 bits per heavy atom. The summed E-state index contributed by atoms with van der Waals surface area (Å²) in [6.45, 7) is 0.711. The predicted molar refractivity (Wildman–Crippen MR) is 143 cm³/mol. The number of nitrogens with zero attached hydrogens (tertiary/aromatic N) is 2. The first kappa shape index (κ1) is 29.3. The number of fused-ring (bicyclic) bond motifs is 1. The average molecular weight is 539 g/mol. The summed E-state index contributed by atoms with van der Waals surface area (Å²) in [5, 5.41) is 14.2. The zero-order valence-electron chi connectivity index (χ0n) is 21.8. The minimum Gasteiger partial charge on any atom is -0.468 e. The number of hydrogen-bond acceptors (Lipinski definition) is 8. The highest BCUT2D eigenvalue weighted by Gasteiger charge is 2.23. The lowest BCUT2D eigenvalue weighted by Gasteiger charge is -2.20. The number of esters is 1. The number of nitrogens with one attached hydrogen (secondary N) is 3. The number of ether oxygens (including phenoxy) is 1. The Bertz CT molecular complexity index is 1290. The average Bonchev–Trinajstić information content (AvgIpc) is 3.31. The van der Waals surface area contributed by atoms with Gasteiger partial charge in [-0.3, -0.25) is 24.4 Å². The van der Waals surface area contributed by atoms with Crippen molar-refractivity contribution in [3.63, 3.8) is 0 Å². The summed E-state index contributed by atoms with van der Waals surface area (Å²) < 4.78 is 6.57. The number of imidazole rings is 1. The molecule has 1 aromatic heterocycles. The van der Waals surface area contributed by atoms with Crippen molar-refractivity contribution in [1.29, 1.82) is 0 Å². The molecule has 0 bridgehead atoms. The van der Waals surface area contributed by atoms with E-state index in [0.717, 1.165) is 23.9 Å². The molecule has 0 saturated heterocycles. The summed E-state index contributed by atoms with van der Waals surface area (Å²) in [6.07, 6.45) is 1.77. The summed E-state index contributed by atoms with van der Waals surface area (Å²) in [7, 11) is 1.24. The SMILES string of the molecule is COC(=O)CNC(=O)c1ccc2c(c1)nc(C(CCCCN)NC(=O)CCC(=O)NO)n2Cc1ccccc1. The van der Waals surface area contributed by atoms with Crippen LogP contribution in [0.2, 0.25) is 0 Å². The summed E-state index contributed by atoms with van der Waals surface area (Å²) in [5.74, 6) is -1.43. The number of unbranched alkanes of at least 4 members (excludes halogenated alkanes) is 1. The first-order valence-corrected chi connectivity index (χ1v) is 12.7. The zero-order valence-corrected chi connectivity index (χ0v) is 21.8. The monoisotopic (exact) mass is 538 g/mol. The molecule has 1 atom stereocenters. The van der Waals surface area contributed by atoms with E-state index in [1.165, 1.54) is 12.6 Å². The Morgan fingerprint density at radius 3 is 2.49 bits per heavy atom. The van der Waals surface area contributed by atoms with Gasteiger partial charge in [0.1, 0.15) is 12.4 Å². The highest BCUT2D eigenvalue weighted by molar-refractivity contribution is 5.98. The molecule has 208 valence electrons. The lowest BCUT2D eigenvalue weighted by atomic mass is 10.1. The third-order valence-electron chi connectivity index (χ3n) is 6.14. The van der Waals surface area contributed by atoms with Crippen LogP contribution in [0.4, 0.5) is 0 Å². The number of carbonyl (C=O) groups is 4. The Balaban J connectivity index is 1.98. The maximum absolute atomic E-state index is 12.7. The first-order valence-electron chi connectivity index (χ1n) is 12.7. The zero-order chi connectivity index (χ0) is 28.2. The van der Waals surface area contributed by atoms with Crippen molar-refractivity contribution < 1.29 is 29.1 Å². The maximum Gasteiger partial charge on any atom is 0.325 e. The van der Waals surface area contributed by atoms with Gasteiger partial charge in [0.2, 0.25) is 11.8 Å². The van der Waals surface area contributed by atoms with Gasteiger partial charge in [0.25, 0.3) is 5.91 Å². The summed E-state index contributed by atoms with van der Waals surface area (Å²) >= 11 is 0. The molecule has 6 N–H and O–H groups in total. The molecule has 0 spiro atoms. The number of nitrogens with two attached hydrogens (primary N) is 1. The lowest BCUT2D eigenvalue weighted by molar-refractivity contribution is -0.139. The van der Waals surface area contributed by atoms with Crippen LogP contribution in [0.25, 0.3) is 11.0 Å². The molecular formula is C27H34N6O6. The van der Waals surface area contributed by atoms with Crippen LogP contribution >= 0.6 is 0 Å². The molecule has 12 heteroatoms. The van der Waals surface area contributed by atoms with Crippen molar-refractivity contribution in [3.8, 4) is 0 Å². The van der Waals surface area contributed by atoms with E-state index in [1.54, 1.807) is 18.2 Å². The molecule has 3 rings (SSSR count). The standard InChI is InChI=1S/C27H34N6O6/c1-39-25(36)16-29-27(37)19-10-11-22-21(15-19)31-26(33(22)17-18-7-3-2-4-8-18)20(9-5-6-14-28)30-23(34)12-13-24(35)32-38/h2-4,7-8,10-11,15,20,38H,5-6,9,12-14,16-17,28H2,1H3,(H,29,37)(H,30,34)(H,32,35). The van der Waals surface area contributed by atoms with Crippen molar-refractivity contribution in [1.82, 2.24) is 25.7 Å². The molecule has 39 heavy (non-hydrogen) atoms. The molecule has 3 amide bonds. The van der Waals surface area contributed by atoms with Crippen LogP contribution in [-0.2, 0) is 25.7 Å². The van der Waals surface area contributed by atoms with E-state index in [1.807, 2.05) is 34.9 Å². The number of aromatic nitrogens is 2. The molecule has 12 nitrogen and oxygen atoms in total. The Labute approximate surface area is 225 Å². The molecule has 0 aliphatic heterocycles. The Kier molecular flexibility index (Phi) is 11.0. The molecule has 0 aliphatic carbocycles. The number of amides is 3. The van der Waals surface area contributed by atoms with E-state index in [0.29, 0.717) is 36.4 Å². The van der Waals surface area contributed by atoms with Gasteiger partial charge in [-0.15, -0.1) is 0 Å². The summed E-state index contributed by atoms with van der Waals surface area (Å²) in [4.78, 5) is 53.0. The number of hydroxylamine groups is 1. The van der Waals surface area contributed by atoms with Crippen molar-refractivity contribution in [3.05, 3.63) is 65.5 Å². The van der Waals surface area contributed by atoms with E-state index in [9.17, 15) is 19.2 Å². The van der Waals surface area contributed by atoms with Crippen molar-refractivity contribution >= 4 is 34.7 Å². The minimum atomic E-state index is -0.654. The molecule has 0 saturated carbocycles. The molecule has 3 aromatic rings. The van der Waals surface area contributed by atoms with E-state index in [4.69, 9.17) is 15.9 Å². The third kappa shape index (κ3) is 8.35. The van der Waals surface area contributed by atoms with Crippen LogP contribution in [0.3, 0.4) is 0 Å². The van der Waals surface area contributed by atoms with Crippen molar-refractivity contribution in [2.45, 2.75) is 44.7 Å². The largest absolute Gasteiger partial charge is 0.468 e. The number of rotatable bonds is 14. The van der Waals surface area contributed by atoms with Gasteiger partial charge in [-0.1, -0.05) is 30.3 Å². The first-order chi connectivity index (χ1) is 18.9. The third-order valence-corrected chi connectivity index (χ3v) is 6.14. The number of methoxy groups -OCH3 is 1. The molecule has 0 radical (unpaired) electrons. The van der Waals surface area contributed by atoms with Gasteiger partial charge >= 0.3 is 5.97 Å². The van der Waals surface area contributed by atoms with Crippen LogP contribution in [-0.4, -0.2) is 58.6 Å². The van der Waals surface area contributed by atoms with Gasteiger partial charge in [0.15, 0.2) is 0 Å². The fourth-order valence-corrected chi connectivity index (χ4v) is 4.12. The number of benzene rings is 2. The van der Waals surface area contributed by atoms with Gasteiger partial charge in [-0.2, -0.15) is 0 Å². The number of carbonyl (C=O) groups excluding carboxylic acids is 4. The molecule has 1 unspecified atom stereocenters. The van der Waals surface area contributed by atoms with Crippen LogP contribution in [0.1, 0.15) is 59.9 Å². The molecule has 0 fully saturated rings. The van der Waals surface area contributed by atoms with Gasteiger partial charge in [-0.05, 0) is 49.6 Å². The van der Waals surface area contributed by atoms with E-state index in [-0.39, 0.29) is 25.3 Å². The van der Waals surface area contributed by atoms with Gasteiger partial charge < -0.3 is 25.7 Å². The number of hydrogen-bond donors (Lipinski definition) is 5. The maximum atomic E-state index is 12.7. The topological polar surface area (TPSA) is 178 Å². The molecule has 1 heterocycles. The van der Waals surface area contributed by atoms with Gasteiger partial charge in [0, 0.05) is 24.9 Å². The van der Waals surface area contributed by atoms with Gasteiger partial charge in [0.05, 0.1) is 24.2 Å². The summed E-state index contributed by atoms with van der Waals surface area (Å²) in [5.41, 5.74) is 9.87. The normalized spacial score (nSPS) is 11.6. The Morgan fingerprint density at radius 2 is 1.79 bits per heavy atom.